The molecule has 0 unspecified atom stereocenters. The Morgan fingerprint density at radius 1 is 1.28 bits per heavy atom. The summed E-state index contributed by atoms with van der Waals surface area (Å²) in [4.78, 5) is 5.28. The van der Waals surface area contributed by atoms with Gasteiger partial charge in [0.05, 0.1) is 21.6 Å². The lowest BCUT2D eigenvalue weighted by Gasteiger charge is -2.09. The fourth-order valence-electron chi connectivity index (χ4n) is 1.57. The Morgan fingerprint density at radius 2 is 2.00 bits per heavy atom. The largest absolute Gasteiger partial charge is 0.494 e. The van der Waals surface area contributed by atoms with Gasteiger partial charge in [0, 0.05) is 24.2 Å². The summed E-state index contributed by atoms with van der Waals surface area (Å²) in [6.45, 7) is 1.64. The van der Waals surface area contributed by atoms with Crippen LogP contribution in [0.15, 0.2) is 32.8 Å². The van der Waals surface area contributed by atoms with Gasteiger partial charge >= 0.3 is 0 Å². The molecule has 1 heterocycles. The van der Waals surface area contributed by atoms with Crippen molar-refractivity contribution in [2.45, 2.75) is 13.1 Å². The zero-order chi connectivity index (χ0) is 13.0. The van der Waals surface area contributed by atoms with Crippen LogP contribution in [-0.2, 0) is 13.1 Å². The van der Waals surface area contributed by atoms with E-state index in [0.29, 0.717) is 0 Å². The maximum Gasteiger partial charge on any atom is 0.147 e. The zero-order valence-corrected chi connectivity index (χ0v) is 13.7. The molecule has 18 heavy (non-hydrogen) atoms. The Balaban J connectivity index is 1.97. The summed E-state index contributed by atoms with van der Waals surface area (Å²) in [7, 11) is 1.66. The second-order valence-corrected chi connectivity index (χ2v) is 6.34. The molecule has 0 aliphatic heterocycles. The molecular formula is C12H12Br2N2OS. The number of methoxy groups -OCH3 is 1. The Morgan fingerprint density at radius 3 is 2.56 bits per heavy atom. The topological polar surface area (TPSA) is 34.1 Å². The molecule has 96 valence electrons. The molecule has 0 atom stereocenters. The molecule has 1 N–H and O–H groups in total. The molecular weight excluding hydrogens is 380 g/mol. The van der Waals surface area contributed by atoms with Crippen LogP contribution < -0.4 is 10.1 Å². The number of halogens is 2. The number of nitrogens with one attached hydrogen (secondary N) is 1. The maximum absolute atomic E-state index is 5.27. The second-order valence-electron chi connectivity index (χ2n) is 3.66. The first-order chi connectivity index (χ1) is 8.70. The van der Waals surface area contributed by atoms with Crippen molar-refractivity contribution in [2.24, 2.45) is 0 Å². The van der Waals surface area contributed by atoms with Crippen molar-refractivity contribution in [3.8, 4) is 5.75 Å². The van der Waals surface area contributed by atoms with Gasteiger partial charge in [0.1, 0.15) is 5.75 Å². The molecule has 0 aliphatic carbocycles. The third kappa shape index (κ3) is 3.54. The summed E-state index contributed by atoms with van der Waals surface area (Å²) in [5, 5.41) is 3.38. The van der Waals surface area contributed by atoms with Gasteiger partial charge in [-0.1, -0.05) is 0 Å². The summed E-state index contributed by atoms with van der Waals surface area (Å²) >= 11 is 8.65. The smallest absolute Gasteiger partial charge is 0.147 e. The number of rotatable bonds is 5. The first kappa shape index (κ1) is 14.0. The number of ether oxygens (including phenoxy) is 1. The van der Waals surface area contributed by atoms with Crippen LogP contribution in [0.5, 0.6) is 5.75 Å². The summed E-state index contributed by atoms with van der Waals surface area (Å²) in [6.07, 6.45) is 1.89. The molecule has 0 spiro atoms. The van der Waals surface area contributed by atoms with E-state index in [1.165, 1.54) is 10.4 Å². The zero-order valence-electron chi connectivity index (χ0n) is 9.74. The van der Waals surface area contributed by atoms with E-state index in [2.05, 4.69) is 54.3 Å². The number of hydrogen-bond donors (Lipinski definition) is 1. The second kappa shape index (κ2) is 6.65. The number of hydrogen-bond acceptors (Lipinski definition) is 4. The fourth-order valence-corrected chi connectivity index (χ4v) is 3.74. The van der Waals surface area contributed by atoms with Gasteiger partial charge in [-0.2, -0.15) is 0 Å². The van der Waals surface area contributed by atoms with Crippen molar-refractivity contribution < 1.29 is 4.74 Å². The lowest BCUT2D eigenvalue weighted by atomic mass is 10.2. The highest BCUT2D eigenvalue weighted by Crippen LogP contribution is 2.34. The van der Waals surface area contributed by atoms with Crippen LogP contribution in [0.3, 0.4) is 0 Å². The number of thiazole rings is 1. The van der Waals surface area contributed by atoms with Crippen LogP contribution in [0.1, 0.15) is 10.4 Å². The van der Waals surface area contributed by atoms with Crippen molar-refractivity contribution >= 4 is 43.2 Å². The molecule has 0 saturated carbocycles. The molecule has 6 heteroatoms. The quantitative estimate of drug-likeness (QED) is 0.837. The highest BCUT2D eigenvalue weighted by Gasteiger charge is 2.07. The molecule has 2 rings (SSSR count). The highest BCUT2D eigenvalue weighted by molar-refractivity contribution is 9.11. The first-order valence-electron chi connectivity index (χ1n) is 5.30. The van der Waals surface area contributed by atoms with E-state index in [1.807, 2.05) is 11.7 Å². The average Bonchev–Trinajstić information content (AvgIpc) is 2.82. The van der Waals surface area contributed by atoms with Crippen molar-refractivity contribution in [3.63, 3.8) is 0 Å². The van der Waals surface area contributed by atoms with E-state index in [9.17, 15) is 0 Å². The SMILES string of the molecule is COc1c(Br)cc(CNCc2cncs2)cc1Br. The monoisotopic (exact) mass is 390 g/mol. The molecule has 0 aliphatic rings. The van der Waals surface area contributed by atoms with Crippen molar-refractivity contribution in [1.29, 1.82) is 0 Å². The van der Waals surface area contributed by atoms with E-state index < -0.39 is 0 Å². The molecule has 0 radical (unpaired) electrons. The van der Waals surface area contributed by atoms with Gasteiger partial charge in [-0.05, 0) is 49.6 Å². The Kier molecular flexibility index (Phi) is 5.17. The third-order valence-corrected chi connectivity index (χ3v) is 4.33. The van der Waals surface area contributed by atoms with Gasteiger partial charge in [0.25, 0.3) is 0 Å². The number of benzene rings is 1. The Labute approximate surface area is 127 Å². The average molecular weight is 392 g/mol. The standard InChI is InChI=1S/C12H12Br2N2OS/c1-17-12-10(13)2-8(3-11(12)14)4-15-5-9-6-16-7-18-9/h2-3,6-7,15H,4-5H2,1H3. The molecule has 1 aromatic carbocycles. The van der Waals surface area contributed by atoms with E-state index in [4.69, 9.17) is 4.74 Å². The van der Waals surface area contributed by atoms with E-state index in [1.54, 1.807) is 18.4 Å². The minimum absolute atomic E-state index is 0.805. The molecule has 3 nitrogen and oxygen atoms in total. The van der Waals surface area contributed by atoms with Gasteiger partial charge in [-0.3, -0.25) is 4.98 Å². The molecule has 0 fully saturated rings. The number of aromatic nitrogens is 1. The van der Waals surface area contributed by atoms with Crippen LogP contribution in [0.4, 0.5) is 0 Å². The predicted octanol–water partition coefficient (Wildman–Crippen LogP) is 3.97. The summed E-state index contributed by atoms with van der Waals surface area (Å²) in [5.41, 5.74) is 3.04. The molecule has 1 aromatic heterocycles. The minimum atomic E-state index is 0.805. The summed E-state index contributed by atoms with van der Waals surface area (Å²) < 4.78 is 7.18. The van der Waals surface area contributed by atoms with Crippen LogP contribution in [0, 0.1) is 0 Å². The van der Waals surface area contributed by atoms with Crippen molar-refractivity contribution in [3.05, 3.63) is 43.2 Å². The number of nitrogens with zero attached hydrogens (tertiary/aromatic N) is 1. The first-order valence-corrected chi connectivity index (χ1v) is 7.77. The van der Waals surface area contributed by atoms with Crippen LogP contribution in [0.2, 0.25) is 0 Å². The van der Waals surface area contributed by atoms with Gasteiger partial charge in [0.15, 0.2) is 0 Å². The highest BCUT2D eigenvalue weighted by atomic mass is 79.9. The fraction of sp³-hybridized carbons (Fsp3) is 0.250. The third-order valence-electron chi connectivity index (χ3n) is 2.37. The lowest BCUT2D eigenvalue weighted by molar-refractivity contribution is 0.409. The Bertz CT molecular complexity index is 494. The van der Waals surface area contributed by atoms with E-state index >= 15 is 0 Å². The van der Waals surface area contributed by atoms with Crippen LogP contribution in [-0.4, -0.2) is 12.1 Å². The van der Waals surface area contributed by atoms with Crippen LogP contribution in [0.25, 0.3) is 0 Å². The molecule has 0 bridgehead atoms. The molecule has 0 amide bonds. The van der Waals surface area contributed by atoms with Crippen molar-refractivity contribution in [1.82, 2.24) is 10.3 Å². The summed E-state index contributed by atoms with van der Waals surface area (Å²) in [6, 6.07) is 4.12. The Hall–Kier alpha value is -0.430. The van der Waals surface area contributed by atoms with E-state index in [0.717, 1.165) is 27.8 Å². The van der Waals surface area contributed by atoms with Gasteiger partial charge in [0.2, 0.25) is 0 Å². The minimum Gasteiger partial charge on any atom is -0.494 e. The summed E-state index contributed by atoms with van der Waals surface area (Å²) in [5.74, 6) is 0.821. The predicted molar refractivity (Wildman–Crippen MR) is 81.1 cm³/mol. The van der Waals surface area contributed by atoms with Crippen LogP contribution >= 0.6 is 43.2 Å². The molecule has 2 aromatic rings. The van der Waals surface area contributed by atoms with E-state index in [-0.39, 0.29) is 0 Å². The normalized spacial score (nSPS) is 10.6. The van der Waals surface area contributed by atoms with Crippen molar-refractivity contribution in [2.75, 3.05) is 7.11 Å². The maximum atomic E-state index is 5.27. The van der Waals surface area contributed by atoms with Gasteiger partial charge < -0.3 is 10.1 Å². The lowest BCUT2D eigenvalue weighted by Crippen LogP contribution is -2.11. The molecule has 0 saturated heterocycles. The van der Waals surface area contributed by atoms with Gasteiger partial charge in [-0.25, -0.2) is 0 Å². The van der Waals surface area contributed by atoms with Gasteiger partial charge in [-0.15, -0.1) is 11.3 Å².